The van der Waals surface area contributed by atoms with Gasteiger partial charge >= 0.3 is 6.03 Å². The number of rotatable bonds is 6. The molecule has 3 aromatic rings. The van der Waals surface area contributed by atoms with Crippen LogP contribution in [0.5, 0.6) is 0 Å². The fourth-order valence-electron chi connectivity index (χ4n) is 2.94. The Bertz CT molecular complexity index is 1110. The van der Waals surface area contributed by atoms with Gasteiger partial charge in [0.2, 0.25) is 5.91 Å². The van der Waals surface area contributed by atoms with Gasteiger partial charge in [0.15, 0.2) is 0 Å². The Morgan fingerprint density at radius 3 is 2.10 bits per heavy atom. The third kappa shape index (κ3) is 5.96. The van der Waals surface area contributed by atoms with E-state index >= 15 is 0 Å². The number of carbonyl (C=O) groups excluding carboxylic acids is 2. The van der Waals surface area contributed by atoms with Gasteiger partial charge in [0, 0.05) is 34.3 Å². The second kappa shape index (κ2) is 9.95. The monoisotopic (exact) mass is 438 g/mol. The molecule has 0 radical (unpaired) electrons. The Hall–Kier alpha value is -3.58. The van der Waals surface area contributed by atoms with Crippen molar-refractivity contribution in [3.8, 4) is 5.69 Å². The van der Waals surface area contributed by atoms with Crippen LogP contribution in [0.25, 0.3) is 5.69 Å². The molecule has 1 atom stereocenters. The van der Waals surface area contributed by atoms with E-state index in [0.29, 0.717) is 22.1 Å². The number of hydrogen-bond donors (Lipinski definition) is 3. The zero-order valence-corrected chi connectivity index (χ0v) is 17.9. The van der Waals surface area contributed by atoms with Gasteiger partial charge < -0.3 is 16.0 Å². The first-order valence-electron chi connectivity index (χ1n) is 9.75. The number of benzene rings is 2. The van der Waals surface area contributed by atoms with Crippen molar-refractivity contribution in [2.75, 3.05) is 10.6 Å². The Balaban J connectivity index is 1.65. The summed E-state index contributed by atoms with van der Waals surface area (Å²) < 4.78 is 1.51. The van der Waals surface area contributed by atoms with E-state index in [0.717, 1.165) is 0 Å². The summed E-state index contributed by atoms with van der Waals surface area (Å²) in [6.45, 7) is 3.69. The molecule has 3 N–H and O–H groups in total. The molecule has 1 heterocycles. The molecule has 1 unspecified atom stereocenters. The molecule has 160 valence electrons. The SMILES string of the molecule is CC(C)C(NC(=O)Nc1ccc(Cl)cc1)C(=O)Nc1ccc(-n2ccccc2=O)cc1. The van der Waals surface area contributed by atoms with Crippen molar-refractivity contribution in [1.82, 2.24) is 9.88 Å². The molecule has 31 heavy (non-hydrogen) atoms. The van der Waals surface area contributed by atoms with E-state index in [1.807, 2.05) is 13.8 Å². The number of pyridine rings is 1. The summed E-state index contributed by atoms with van der Waals surface area (Å²) in [6, 6.07) is 17.2. The minimum atomic E-state index is -0.747. The number of nitrogens with one attached hydrogen (secondary N) is 3. The number of halogens is 1. The lowest BCUT2D eigenvalue weighted by Crippen LogP contribution is -2.48. The molecular weight excluding hydrogens is 416 g/mol. The lowest BCUT2D eigenvalue weighted by Gasteiger charge is -2.22. The van der Waals surface area contributed by atoms with Crippen LogP contribution in [0.2, 0.25) is 5.02 Å². The van der Waals surface area contributed by atoms with Crippen LogP contribution in [0.3, 0.4) is 0 Å². The second-order valence-corrected chi connectivity index (χ2v) is 7.71. The standard InChI is InChI=1S/C23H23ClN4O3/c1-15(2)21(27-23(31)26-18-8-6-16(24)7-9-18)22(30)25-17-10-12-19(13-11-17)28-14-4-3-5-20(28)29/h3-15,21H,1-2H3,(H,25,30)(H2,26,27,31). The van der Waals surface area contributed by atoms with Crippen LogP contribution in [0.1, 0.15) is 13.8 Å². The summed E-state index contributed by atoms with van der Waals surface area (Å²) in [6.07, 6.45) is 1.67. The van der Waals surface area contributed by atoms with Gasteiger partial charge in [-0.25, -0.2) is 4.79 Å². The van der Waals surface area contributed by atoms with Crippen molar-refractivity contribution in [2.24, 2.45) is 5.92 Å². The highest BCUT2D eigenvalue weighted by Crippen LogP contribution is 2.15. The average molecular weight is 439 g/mol. The molecule has 0 saturated heterocycles. The highest BCUT2D eigenvalue weighted by atomic mass is 35.5. The molecule has 1 aromatic heterocycles. The summed E-state index contributed by atoms with van der Waals surface area (Å²) in [5.41, 5.74) is 1.67. The Morgan fingerprint density at radius 1 is 0.871 bits per heavy atom. The van der Waals surface area contributed by atoms with Gasteiger partial charge in [0.25, 0.3) is 5.56 Å². The van der Waals surface area contributed by atoms with E-state index in [-0.39, 0.29) is 17.4 Å². The Kier molecular flexibility index (Phi) is 7.10. The van der Waals surface area contributed by atoms with Crippen LogP contribution in [-0.2, 0) is 4.79 Å². The number of urea groups is 1. The summed E-state index contributed by atoms with van der Waals surface area (Å²) >= 11 is 5.85. The molecule has 3 amide bonds. The van der Waals surface area contributed by atoms with Crippen LogP contribution < -0.4 is 21.5 Å². The summed E-state index contributed by atoms with van der Waals surface area (Å²) in [4.78, 5) is 37.0. The quantitative estimate of drug-likeness (QED) is 0.536. The predicted molar refractivity (Wildman–Crippen MR) is 123 cm³/mol. The Labute approximate surface area is 185 Å². The summed E-state index contributed by atoms with van der Waals surface area (Å²) in [5.74, 6) is -0.482. The molecule has 7 nitrogen and oxygen atoms in total. The summed E-state index contributed by atoms with van der Waals surface area (Å²) in [7, 11) is 0. The van der Waals surface area contributed by atoms with E-state index in [9.17, 15) is 14.4 Å². The van der Waals surface area contributed by atoms with Gasteiger partial charge in [-0.1, -0.05) is 31.5 Å². The molecule has 8 heteroatoms. The van der Waals surface area contributed by atoms with E-state index in [1.54, 1.807) is 66.9 Å². The molecule has 3 rings (SSSR count). The molecule has 0 saturated carbocycles. The van der Waals surface area contributed by atoms with Crippen LogP contribution >= 0.6 is 11.6 Å². The zero-order chi connectivity index (χ0) is 22.4. The van der Waals surface area contributed by atoms with Gasteiger partial charge in [-0.15, -0.1) is 0 Å². The number of anilines is 2. The average Bonchev–Trinajstić information content (AvgIpc) is 2.74. The zero-order valence-electron chi connectivity index (χ0n) is 17.1. The fourth-order valence-corrected chi connectivity index (χ4v) is 3.07. The third-order valence-electron chi connectivity index (χ3n) is 4.57. The van der Waals surface area contributed by atoms with Crippen LogP contribution in [-0.4, -0.2) is 22.5 Å². The van der Waals surface area contributed by atoms with Crippen molar-refractivity contribution in [1.29, 1.82) is 0 Å². The van der Waals surface area contributed by atoms with E-state index in [2.05, 4.69) is 16.0 Å². The fraction of sp³-hybridized carbons (Fsp3) is 0.174. The van der Waals surface area contributed by atoms with Crippen LogP contribution in [0.4, 0.5) is 16.2 Å². The molecule has 0 fully saturated rings. The maximum atomic E-state index is 12.8. The van der Waals surface area contributed by atoms with Crippen molar-refractivity contribution in [3.63, 3.8) is 0 Å². The smallest absolute Gasteiger partial charge is 0.319 e. The van der Waals surface area contributed by atoms with E-state index < -0.39 is 12.1 Å². The molecule has 2 aromatic carbocycles. The van der Waals surface area contributed by atoms with E-state index in [4.69, 9.17) is 11.6 Å². The number of carbonyl (C=O) groups is 2. The summed E-state index contributed by atoms with van der Waals surface area (Å²) in [5, 5.41) is 8.76. The molecule has 0 aliphatic carbocycles. The van der Waals surface area contributed by atoms with Gasteiger partial charge in [0.05, 0.1) is 0 Å². The third-order valence-corrected chi connectivity index (χ3v) is 4.83. The molecular formula is C23H23ClN4O3. The molecule has 0 spiro atoms. The maximum absolute atomic E-state index is 12.8. The van der Waals surface area contributed by atoms with Gasteiger partial charge in [-0.2, -0.15) is 0 Å². The van der Waals surface area contributed by atoms with E-state index in [1.165, 1.54) is 10.6 Å². The van der Waals surface area contributed by atoms with Crippen LogP contribution in [0, 0.1) is 5.92 Å². The number of nitrogens with zero attached hydrogens (tertiary/aromatic N) is 1. The van der Waals surface area contributed by atoms with Gasteiger partial charge in [0.1, 0.15) is 6.04 Å². The van der Waals surface area contributed by atoms with Crippen molar-refractivity contribution in [3.05, 3.63) is 88.3 Å². The van der Waals surface area contributed by atoms with Crippen molar-refractivity contribution in [2.45, 2.75) is 19.9 Å². The number of aromatic nitrogens is 1. The highest BCUT2D eigenvalue weighted by Gasteiger charge is 2.24. The van der Waals surface area contributed by atoms with Gasteiger partial charge in [-0.05, 0) is 60.5 Å². The van der Waals surface area contributed by atoms with Crippen molar-refractivity contribution < 1.29 is 9.59 Å². The Morgan fingerprint density at radius 2 is 1.48 bits per heavy atom. The first-order valence-corrected chi connectivity index (χ1v) is 10.1. The largest absolute Gasteiger partial charge is 0.326 e. The highest BCUT2D eigenvalue weighted by molar-refractivity contribution is 6.30. The molecule has 0 aliphatic rings. The minimum absolute atomic E-state index is 0.141. The number of hydrogen-bond acceptors (Lipinski definition) is 3. The first kappa shape index (κ1) is 22.1. The maximum Gasteiger partial charge on any atom is 0.319 e. The number of amides is 3. The topological polar surface area (TPSA) is 92.2 Å². The van der Waals surface area contributed by atoms with Crippen LogP contribution in [0.15, 0.2) is 77.7 Å². The predicted octanol–water partition coefficient (Wildman–Crippen LogP) is 4.28. The lowest BCUT2D eigenvalue weighted by atomic mass is 10.0. The first-order chi connectivity index (χ1) is 14.8. The normalized spacial score (nSPS) is 11.6. The van der Waals surface area contributed by atoms with Gasteiger partial charge in [-0.3, -0.25) is 14.2 Å². The molecule has 0 aliphatic heterocycles. The second-order valence-electron chi connectivity index (χ2n) is 7.27. The molecule has 0 bridgehead atoms. The lowest BCUT2D eigenvalue weighted by molar-refractivity contribution is -0.118. The minimum Gasteiger partial charge on any atom is -0.326 e. The van der Waals surface area contributed by atoms with Crippen molar-refractivity contribution >= 4 is 34.9 Å².